The van der Waals surface area contributed by atoms with Crippen molar-refractivity contribution >= 4 is 16.9 Å². The van der Waals surface area contributed by atoms with Gasteiger partial charge < -0.3 is 14.9 Å². The van der Waals surface area contributed by atoms with Crippen LogP contribution in [0.3, 0.4) is 0 Å². The number of aliphatic hydroxyl groups excluding tert-OH is 1. The SMILES string of the molecule is CCNC(O)N1CCC2(CCN3NC(c4cnc5ccc(C(=O)OC)cc5c4)C=C32)C1. The van der Waals surface area contributed by atoms with Gasteiger partial charge in [-0.2, -0.15) is 0 Å². The molecule has 1 aromatic heterocycles. The number of aromatic nitrogens is 1. The van der Waals surface area contributed by atoms with E-state index < -0.39 is 6.35 Å². The lowest BCUT2D eigenvalue weighted by molar-refractivity contribution is -0.0108. The molecule has 3 N–H and O–H groups in total. The van der Waals surface area contributed by atoms with E-state index in [1.165, 1.54) is 12.8 Å². The number of pyridine rings is 1. The number of esters is 1. The first kappa shape index (κ1) is 20.4. The average molecular weight is 424 g/mol. The van der Waals surface area contributed by atoms with Crippen LogP contribution < -0.4 is 10.7 Å². The molecular weight excluding hydrogens is 394 g/mol. The molecule has 2 aromatic rings. The summed E-state index contributed by atoms with van der Waals surface area (Å²) in [6.45, 7) is 5.46. The Labute approximate surface area is 181 Å². The lowest BCUT2D eigenvalue weighted by Gasteiger charge is -2.28. The molecule has 8 nitrogen and oxygen atoms in total. The highest BCUT2D eigenvalue weighted by Crippen LogP contribution is 2.50. The minimum atomic E-state index is -0.585. The largest absolute Gasteiger partial charge is 0.465 e. The van der Waals surface area contributed by atoms with Crippen molar-refractivity contribution in [3.8, 4) is 0 Å². The predicted octanol–water partition coefficient (Wildman–Crippen LogP) is 1.75. The molecule has 0 amide bonds. The Kier molecular flexibility index (Phi) is 5.18. The highest BCUT2D eigenvalue weighted by atomic mass is 16.5. The number of carbonyl (C=O) groups is 1. The summed E-state index contributed by atoms with van der Waals surface area (Å²) in [5, 5.41) is 16.7. The number of likely N-dealkylation sites (tertiary alicyclic amines) is 1. The maximum atomic E-state index is 11.9. The molecule has 5 rings (SSSR count). The first-order valence-corrected chi connectivity index (χ1v) is 10.9. The predicted molar refractivity (Wildman–Crippen MR) is 117 cm³/mol. The minimum absolute atomic E-state index is 0.0404. The summed E-state index contributed by atoms with van der Waals surface area (Å²) in [7, 11) is 1.39. The van der Waals surface area contributed by atoms with Crippen molar-refractivity contribution in [3.05, 3.63) is 53.4 Å². The van der Waals surface area contributed by atoms with Gasteiger partial charge in [-0.05, 0) is 55.3 Å². The maximum Gasteiger partial charge on any atom is 0.337 e. The van der Waals surface area contributed by atoms with Gasteiger partial charge in [-0.3, -0.25) is 15.2 Å². The van der Waals surface area contributed by atoms with Crippen molar-refractivity contribution in [2.24, 2.45) is 5.41 Å². The van der Waals surface area contributed by atoms with Gasteiger partial charge in [0.2, 0.25) is 0 Å². The number of hydrogen-bond acceptors (Lipinski definition) is 8. The monoisotopic (exact) mass is 423 g/mol. The topological polar surface area (TPSA) is 90.0 Å². The van der Waals surface area contributed by atoms with E-state index >= 15 is 0 Å². The lowest BCUT2D eigenvalue weighted by atomic mass is 9.82. The molecule has 0 saturated carbocycles. The number of fused-ring (bicyclic) bond motifs is 3. The third kappa shape index (κ3) is 3.49. The molecule has 164 valence electrons. The second-order valence-electron chi connectivity index (χ2n) is 8.66. The second-order valence-corrected chi connectivity index (χ2v) is 8.66. The van der Waals surface area contributed by atoms with Crippen LogP contribution in [0.1, 0.15) is 41.7 Å². The van der Waals surface area contributed by atoms with Crippen molar-refractivity contribution < 1.29 is 14.6 Å². The maximum absolute atomic E-state index is 11.9. The van der Waals surface area contributed by atoms with Crippen LogP contribution in [-0.4, -0.2) is 65.6 Å². The number of hydrogen-bond donors (Lipinski definition) is 3. The van der Waals surface area contributed by atoms with Gasteiger partial charge in [0.05, 0.1) is 24.2 Å². The third-order valence-corrected chi connectivity index (χ3v) is 6.87. The third-order valence-electron chi connectivity index (χ3n) is 6.87. The van der Waals surface area contributed by atoms with Crippen molar-refractivity contribution in [3.63, 3.8) is 0 Å². The number of methoxy groups -OCH3 is 1. The van der Waals surface area contributed by atoms with Crippen LogP contribution in [0.2, 0.25) is 0 Å². The van der Waals surface area contributed by atoms with Crippen LogP contribution in [-0.2, 0) is 4.74 Å². The molecule has 3 aliphatic heterocycles. The molecule has 8 heteroatoms. The Hall–Kier alpha value is -2.52. The number of ether oxygens (including phenoxy) is 1. The van der Waals surface area contributed by atoms with Crippen LogP contribution in [0, 0.1) is 5.41 Å². The Bertz CT molecular complexity index is 1040. The molecule has 2 saturated heterocycles. The molecular formula is C23H29N5O3. The average Bonchev–Trinajstić information content (AvgIpc) is 3.49. The summed E-state index contributed by atoms with van der Waals surface area (Å²) in [5.41, 5.74) is 7.46. The number of rotatable bonds is 5. The number of nitrogens with zero attached hydrogens (tertiary/aromatic N) is 3. The molecule has 3 aliphatic rings. The van der Waals surface area contributed by atoms with E-state index in [1.807, 2.05) is 25.3 Å². The lowest BCUT2D eigenvalue weighted by Crippen LogP contribution is -2.45. The fourth-order valence-electron chi connectivity index (χ4n) is 5.20. The molecule has 0 radical (unpaired) electrons. The Balaban J connectivity index is 1.40. The molecule has 0 bridgehead atoms. The smallest absolute Gasteiger partial charge is 0.337 e. The van der Waals surface area contributed by atoms with Crippen molar-refractivity contribution in [2.75, 3.05) is 33.3 Å². The zero-order valence-corrected chi connectivity index (χ0v) is 18.0. The molecule has 31 heavy (non-hydrogen) atoms. The molecule has 4 heterocycles. The number of benzene rings is 1. The molecule has 1 spiro atoms. The van der Waals surface area contributed by atoms with Crippen LogP contribution in [0.15, 0.2) is 42.2 Å². The zero-order chi connectivity index (χ0) is 21.6. The van der Waals surface area contributed by atoms with E-state index in [0.29, 0.717) is 5.56 Å². The molecule has 1 aromatic carbocycles. The van der Waals surface area contributed by atoms with E-state index in [2.05, 4.69) is 37.8 Å². The molecule has 0 aliphatic carbocycles. The van der Waals surface area contributed by atoms with E-state index in [0.717, 1.165) is 55.5 Å². The van der Waals surface area contributed by atoms with Gasteiger partial charge in [0.15, 0.2) is 6.35 Å². The van der Waals surface area contributed by atoms with E-state index in [4.69, 9.17) is 4.74 Å². The van der Waals surface area contributed by atoms with Gasteiger partial charge in [-0.1, -0.05) is 6.92 Å². The Morgan fingerprint density at radius 3 is 3.03 bits per heavy atom. The fraction of sp³-hybridized carbons (Fsp3) is 0.478. The zero-order valence-electron chi connectivity index (χ0n) is 18.0. The Morgan fingerprint density at radius 1 is 1.39 bits per heavy atom. The number of nitrogens with one attached hydrogen (secondary N) is 2. The normalized spacial score (nSPS) is 26.5. The van der Waals surface area contributed by atoms with Crippen LogP contribution >= 0.6 is 0 Å². The summed E-state index contributed by atoms with van der Waals surface area (Å²) < 4.78 is 4.85. The van der Waals surface area contributed by atoms with Gasteiger partial charge >= 0.3 is 5.97 Å². The highest BCUT2D eigenvalue weighted by Gasteiger charge is 2.50. The van der Waals surface area contributed by atoms with E-state index in [-0.39, 0.29) is 17.4 Å². The number of aliphatic hydroxyl groups is 1. The summed E-state index contributed by atoms with van der Waals surface area (Å²) in [6, 6.07) is 7.55. The van der Waals surface area contributed by atoms with E-state index in [9.17, 15) is 9.90 Å². The number of carbonyl (C=O) groups excluding carboxylic acids is 1. The minimum Gasteiger partial charge on any atom is -0.465 e. The van der Waals surface area contributed by atoms with Crippen LogP contribution in [0.4, 0.5) is 0 Å². The van der Waals surface area contributed by atoms with Crippen LogP contribution in [0.25, 0.3) is 10.9 Å². The van der Waals surface area contributed by atoms with Gasteiger partial charge in [0, 0.05) is 42.3 Å². The summed E-state index contributed by atoms with van der Waals surface area (Å²) in [6.07, 6.45) is 5.76. The second kappa shape index (κ2) is 7.87. The van der Waals surface area contributed by atoms with E-state index in [1.54, 1.807) is 6.07 Å². The molecule has 3 atom stereocenters. The summed E-state index contributed by atoms with van der Waals surface area (Å²) in [5.74, 6) is -0.346. The van der Waals surface area contributed by atoms with Gasteiger partial charge in [0.1, 0.15) is 0 Å². The van der Waals surface area contributed by atoms with Crippen molar-refractivity contribution in [2.45, 2.75) is 32.2 Å². The first-order valence-electron chi connectivity index (χ1n) is 10.9. The van der Waals surface area contributed by atoms with Crippen molar-refractivity contribution in [1.82, 2.24) is 25.6 Å². The fourth-order valence-corrected chi connectivity index (χ4v) is 5.20. The first-order chi connectivity index (χ1) is 15.0. The van der Waals surface area contributed by atoms with Crippen molar-refractivity contribution in [1.29, 1.82) is 0 Å². The molecule has 3 unspecified atom stereocenters. The summed E-state index contributed by atoms with van der Waals surface area (Å²) >= 11 is 0. The van der Waals surface area contributed by atoms with Gasteiger partial charge in [-0.15, -0.1) is 0 Å². The van der Waals surface area contributed by atoms with Gasteiger partial charge in [0.25, 0.3) is 0 Å². The molecule has 2 fully saturated rings. The quantitative estimate of drug-likeness (QED) is 0.495. The number of hydrazine groups is 1. The standard InChI is InChI=1S/C23H29N5O3/c1-3-24-22(30)27-8-6-23(14-27)7-9-28-20(23)12-19(26-28)17-11-16-10-15(21(29)31-2)4-5-18(16)25-13-17/h4-5,10-13,19,22,24,26,30H,3,6-9,14H2,1-2H3. The highest BCUT2D eigenvalue weighted by molar-refractivity contribution is 5.94. The summed E-state index contributed by atoms with van der Waals surface area (Å²) in [4.78, 5) is 18.6. The van der Waals surface area contributed by atoms with Gasteiger partial charge in [-0.25, -0.2) is 10.2 Å². The van der Waals surface area contributed by atoms with Crippen LogP contribution in [0.5, 0.6) is 0 Å². The Morgan fingerprint density at radius 2 is 2.23 bits per heavy atom.